The van der Waals surface area contributed by atoms with E-state index in [0.717, 1.165) is 37.4 Å². The highest BCUT2D eigenvalue weighted by molar-refractivity contribution is 5.48. The van der Waals surface area contributed by atoms with Gasteiger partial charge in [0.1, 0.15) is 23.9 Å². The van der Waals surface area contributed by atoms with Gasteiger partial charge in [0.25, 0.3) is 0 Å². The third-order valence-corrected chi connectivity index (χ3v) is 4.80. The average molecular weight is 338 g/mol. The molecular weight excluding hydrogens is 320 g/mol. The molecule has 2 aliphatic rings. The minimum absolute atomic E-state index is 0.138. The first-order valence-corrected chi connectivity index (χ1v) is 8.43. The number of aromatic nitrogens is 5. The van der Waals surface area contributed by atoms with Crippen molar-refractivity contribution < 1.29 is 9.47 Å². The maximum atomic E-state index is 6.09. The molecule has 1 atom stereocenters. The summed E-state index contributed by atoms with van der Waals surface area (Å²) >= 11 is 0. The molecular formula is C17H18N6O2. The van der Waals surface area contributed by atoms with Crippen molar-refractivity contribution >= 4 is 11.5 Å². The largest absolute Gasteiger partial charge is 0.474 e. The maximum Gasteiger partial charge on any atom is 0.213 e. The average Bonchev–Trinajstić information content (AvgIpc) is 3.08. The number of anilines is 1. The van der Waals surface area contributed by atoms with Crippen molar-refractivity contribution in [3.63, 3.8) is 0 Å². The Balaban J connectivity index is 1.26. The summed E-state index contributed by atoms with van der Waals surface area (Å²) in [4.78, 5) is 6.46. The Morgan fingerprint density at radius 1 is 1.20 bits per heavy atom. The zero-order valence-corrected chi connectivity index (χ0v) is 13.7. The molecule has 2 saturated heterocycles. The molecule has 1 spiro atoms. The van der Waals surface area contributed by atoms with Crippen LogP contribution in [0, 0.1) is 0 Å². The summed E-state index contributed by atoms with van der Waals surface area (Å²) in [5, 5.41) is 12.4. The van der Waals surface area contributed by atoms with Gasteiger partial charge in [-0.2, -0.15) is 4.52 Å². The van der Waals surface area contributed by atoms with Crippen molar-refractivity contribution in [2.75, 3.05) is 24.6 Å². The summed E-state index contributed by atoms with van der Waals surface area (Å²) in [7, 11) is 0. The first-order valence-electron chi connectivity index (χ1n) is 8.43. The summed E-state index contributed by atoms with van der Waals surface area (Å²) in [6, 6.07) is 9.63. The van der Waals surface area contributed by atoms with Gasteiger partial charge in [0.15, 0.2) is 5.65 Å². The van der Waals surface area contributed by atoms with Crippen LogP contribution < -0.4 is 9.64 Å². The molecule has 8 heteroatoms. The van der Waals surface area contributed by atoms with Crippen LogP contribution in [0.5, 0.6) is 5.88 Å². The van der Waals surface area contributed by atoms with Crippen LogP contribution in [0.2, 0.25) is 0 Å². The van der Waals surface area contributed by atoms with Gasteiger partial charge in [0, 0.05) is 25.1 Å². The second kappa shape index (κ2) is 5.66. The molecule has 128 valence electrons. The second-order valence-electron chi connectivity index (χ2n) is 6.61. The molecule has 25 heavy (non-hydrogen) atoms. The van der Waals surface area contributed by atoms with E-state index in [2.05, 4.69) is 25.2 Å². The van der Waals surface area contributed by atoms with Crippen molar-refractivity contribution in [2.45, 2.75) is 24.5 Å². The van der Waals surface area contributed by atoms with E-state index in [9.17, 15) is 0 Å². The molecule has 5 heterocycles. The monoisotopic (exact) mass is 338 g/mol. The SMILES string of the molecule is c1ccc(OC2CCOC3(C2)CN(c2ccc4nncn4n2)C3)nc1. The van der Waals surface area contributed by atoms with Crippen LogP contribution >= 0.6 is 0 Å². The van der Waals surface area contributed by atoms with Crippen LogP contribution in [-0.2, 0) is 4.74 Å². The van der Waals surface area contributed by atoms with Crippen molar-refractivity contribution in [1.29, 1.82) is 0 Å². The Bertz CT molecular complexity index is 877. The minimum atomic E-state index is -0.151. The zero-order valence-electron chi connectivity index (χ0n) is 13.7. The second-order valence-corrected chi connectivity index (χ2v) is 6.61. The highest BCUT2D eigenvalue weighted by Gasteiger charge is 2.48. The minimum Gasteiger partial charge on any atom is -0.474 e. The third-order valence-electron chi connectivity index (χ3n) is 4.80. The molecule has 3 aromatic heterocycles. The smallest absolute Gasteiger partial charge is 0.213 e. The van der Waals surface area contributed by atoms with Crippen molar-refractivity contribution in [1.82, 2.24) is 24.8 Å². The van der Waals surface area contributed by atoms with Gasteiger partial charge in [0.05, 0.1) is 19.7 Å². The molecule has 5 rings (SSSR count). The molecule has 3 aromatic rings. The van der Waals surface area contributed by atoms with Gasteiger partial charge >= 0.3 is 0 Å². The fourth-order valence-electron chi connectivity index (χ4n) is 3.59. The Hall–Kier alpha value is -2.74. The van der Waals surface area contributed by atoms with Gasteiger partial charge in [-0.3, -0.25) is 0 Å². The van der Waals surface area contributed by atoms with Crippen LogP contribution in [-0.4, -0.2) is 56.2 Å². The molecule has 0 aliphatic carbocycles. The lowest BCUT2D eigenvalue weighted by Gasteiger charge is -2.53. The zero-order chi connectivity index (χ0) is 16.7. The number of hydrogen-bond acceptors (Lipinski definition) is 7. The predicted octanol–water partition coefficient (Wildman–Crippen LogP) is 1.34. The predicted molar refractivity (Wildman–Crippen MR) is 89.6 cm³/mol. The normalized spacial score (nSPS) is 22.1. The lowest BCUT2D eigenvalue weighted by atomic mass is 9.84. The van der Waals surface area contributed by atoms with Gasteiger partial charge in [-0.05, 0) is 18.2 Å². The third kappa shape index (κ3) is 2.68. The Morgan fingerprint density at radius 3 is 3.04 bits per heavy atom. The van der Waals surface area contributed by atoms with Crippen LogP contribution in [0.4, 0.5) is 5.82 Å². The molecule has 2 fully saturated rings. The number of nitrogens with zero attached hydrogens (tertiary/aromatic N) is 6. The van der Waals surface area contributed by atoms with Crippen LogP contribution in [0.25, 0.3) is 5.65 Å². The van der Waals surface area contributed by atoms with E-state index < -0.39 is 0 Å². The van der Waals surface area contributed by atoms with Crippen LogP contribution in [0.3, 0.4) is 0 Å². The van der Waals surface area contributed by atoms with Gasteiger partial charge < -0.3 is 14.4 Å². The molecule has 1 unspecified atom stereocenters. The standard InChI is InChI=1S/C17H18N6O2/c1-2-7-18-16(3-1)25-13-6-8-24-17(9-13)10-22(11-17)15-5-4-14-20-19-12-23(14)21-15/h1-5,7,12-13H,6,8-11H2. The topological polar surface area (TPSA) is 77.7 Å². The van der Waals surface area contributed by atoms with Gasteiger partial charge in [-0.25, -0.2) is 4.98 Å². The molecule has 0 aromatic carbocycles. The quantitative estimate of drug-likeness (QED) is 0.713. The van der Waals surface area contributed by atoms with E-state index in [0.29, 0.717) is 12.5 Å². The highest BCUT2D eigenvalue weighted by Crippen LogP contribution is 2.37. The van der Waals surface area contributed by atoms with Gasteiger partial charge in [-0.1, -0.05) is 6.07 Å². The van der Waals surface area contributed by atoms with Gasteiger partial charge in [0.2, 0.25) is 5.88 Å². The number of fused-ring (bicyclic) bond motifs is 1. The number of hydrogen-bond donors (Lipinski definition) is 0. The maximum absolute atomic E-state index is 6.09. The Morgan fingerprint density at radius 2 is 2.16 bits per heavy atom. The Kier molecular flexibility index (Phi) is 3.30. The summed E-state index contributed by atoms with van der Waals surface area (Å²) in [5.41, 5.74) is 0.596. The summed E-state index contributed by atoms with van der Waals surface area (Å²) in [5.74, 6) is 1.59. The van der Waals surface area contributed by atoms with E-state index in [1.54, 1.807) is 17.0 Å². The molecule has 0 amide bonds. The highest BCUT2D eigenvalue weighted by atomic mass is 16.5. The molecule has 8 nitrogen and oxygen atoms in total. The number of rotatable bonds is 3. The van der Waals surface area contributed by atoms with Crippen molar-refractivity contribution in [2.24, 2.45) is 0 Å². The lowest BCUT2D eigenvalue weighted by molar-refractivity contribution is -0.126. The number of ether oxygens (including phenoxy) is 2. The van der Waals surface area contributed by atoms with Crippen molar-refractivity contribution in [3.05, 3.63) is 42.9 Å². The van der Waals surface area contributed by atoms with E-state index in [4.69, 9.17) is 9.47 Å². The van der Waals surface area contributed by atoms with E-state index in [1.165, 1.54) is 0 Å². The molecule has 0 N–H and O–H groups in total. The van der Waals surface area contributed by atoms with Crippen LogP contribution in [0.1, 0.15) is 12.8 Å². The van der Waals surface area contributed by atoms with Gasteiger partial charge in [-0.15, -0.1) is 15.3 Å². The summed E-state index contributed by atoms with van der Waals surface area (Å²) < 4.78 is 13.8. The molecule has 0 saturated carbocycles. The fraction of sp³-hybridized carbons (Fsp3) is 0.412. The Labute approximate surface area is 144 Å². The first-order chi connectivity index (χ1) is 12.3. The van der Waals surface area contributed by atoms with E-state index in [1.807, 2.05) is 30.3 Å². The summed E-state index contributed by atoms with van der Waals surface area (Å²) in [6.07, 6.45) is 5.27. The number of pyridine rings is 1. The van der Waals surface area contributed by atoms with Crippen molar-refractivity contribution in [3.8, 4) is 5.88 Å². The molecule has 0 radical (unpaired) electrons. The van der Waals surface area contributed by atoms with Crippen LogP contribution in [0.15, 0.2) is 42.9 Å². The summed E-state index contributed by atoms with van der Waals surface area (Å²) in [6.45, 7) is 2.34. The first kappa shape index (κ1) is 14.6. The molecule has 2 aliphatic heterocycles. The lowest BCUT2D eigenvalue weighted by Crippen LogP contribution is -2.66. The fourth-order valence-corrected chi connectivity index (χ4v) is 3.59. The molecule has 0 bridgehead atoms. The van der Waals surface area contributed by atoms with E-state index >= 15 is 0 Å². The van der Waals surface area contributed by atoms with E-state index in [-0.39, 0.29) is 11.7 Å².